The van der Waals surface area contributed by atoms with Crippen LogP contribution in [0.2, 0.25) is 0 Å². The molecule has 0 aromatic rings. The van der Waals surface area contributed by atoms with Crippen molar-refractivity contribution in [3.8, 4) is 0 Å². The minimum absolute atomic E-state index is 0.166. The lowest BCUT2D eigenvalue weighted by molar-refractivity contribution is -0.143. The Kier molecular flexibility index (Phi) is 6.89. The van der Waals surface area contributed by atoms with Crippen molar-refractivity contribution in [1.29, 1.82) is 0 Å². The van der Waals surface area contributed by atoms with Crippen molar-refractivity contribution in [2.45, 2.75) is 19.3 Å². The van der Waals surface area contributed by atoms with Gasteiger partial charge in [0.1, 0.15) is 0 Å². The Morgan fingerprint density at radius 1 is 0.952 bits per heavy atom. The second-order valence-electron chi connectivity index (χ2n) is 6.24. The van der Waals surface area contributed by atoms with E-state index in [0.717, 1.165) is 78.2 Å². The van der Waals surface area contributed by atoms with E-state index in [1.54, 1.807) is 0 Å². The van der Waals surface area contributed by atoms with Gasteiger partial charge in [-0.3, -0.25) is 9.69 Å². The summed E-state index contributed by atoms with van der Waals surface area (Å²) in [7, 11) is 0. The molecule has 6 heteroatoms. The molecule has 6 nitrogen and oxygen atoms in total. The van der Waals surface area contributed by atoms with Gasteiger partial charge >= 0.3 is 5.97 Å². The van der Waals surface area contributed by atoms with E-state index in [0.29, 0.717) is 0 Å². The van der Waals surface area contributed by atoms with Crippen molar-refractivity contribution in [3.05, 3.63) is 0 Å². The van der Waals surface area contributed by atoms with Crippen LogP contribution in [0.4, 0.5) is 0 Å². The summed E-state index contributed by atoms with van der Waals surface area (Å²) in [5.74, 6) is -0.805. The Morgan fingerprint density at radius 3 is 2.19 bits per heavy atom. The predicted octanol–water partition coefficient (Wildman–Crippen LogP) is -0.217. The molecule has 2 fully saturated rings. The van der Waals surface area contributed by atoms with Crippen molar-refractivity contribution in [1.82, 2.24) is 14.7 Å². The third-order valence-corrected chi connectivity index (χ3v) is 4.68. The zero-order valence-corrected chi connectivity index (χ0v) is 12.9. The number of carbonyl (C=O) groups is 1. The van der Waals surface area contributed by atoms with Gasteiger partial charge in [-0.25, -0.2) is 0 Å². The van der Waals surface area contributed by atoms with Gasteiger partial charge in [0.05, 0.1) is 12.5 Å². The van der Waals surface area contributed by atoms with E-state index in [1.807, 2.05) is 0 Å². The van der Waals surface area contributed by atoms with Crippen molar-refractivity contribution in [3.63, 3.8) is 0 Å². The molecule has 1 unspecified atom stereocenters. The molecule has 122 valence electrons. The molecule has 2 rings (SSSR count). The maximum Gasteiger partial charge on any atom is 0.307 e. The summed E-state index contributed by atoms with van der Waals surface area (Å²) in [5, 5.41) is 18.0. The van der Waals surface area contributed by atoms with Crippen LogP contribution in [0.3, 0.4) is 0 Å². The molecule has 0 aromatic carbocycles. The van der Waals surface area contributed by atoms with Crippen LogP contribution in [0.1, 0.15) is 19.3 Å². The number of nitrogens with zero attached hydrogens (tertiary/aromatic N) is 3. The number of carboxylic acids is 1. The van der Waals surface area contributed by atoms with Gasteiger partial charge in [-0.15, -0.1) is 0 Å². The van der Waals surface area contributed by atoms with Gasteiger partial charge in [0.2, 0.25) is 0 Å². The van der Waals surface area contributed by atoms with Crippen LogP contribution in [0.25, 0.3) is 0 Å². The zero-order chi connectivity index (χ0) is 15.1. The lowest BCUT2D eigenvalue weighted by Crippen LogP contribution is -2.47. The Hall–Kier alpha value is -0.690. The molecule has 2 heterocycles. The van der Waals surface area contributed by atoms with Crippen LogP contribution in [-0.2, 0) is 4.79 Å². The fourth-order valence-electron chi connectivity index (χ4n) is 3.36. The number of β-amino-alcohol motifs (C(OH)–C–C–N with tert-alkyl or cyclic N) is 1. The number of aliphatic carboxylic acids is 1. The minimum atomic E-state index is -0.639. The quantitative estimate of drug-likeness (QED) is 0.678. The second-order valence-corrected chi connectivity index (χ2v) is 6.24. The molecule has 0 bridgehead atoms. The summed E-state index contributed by atoms with van der Waals surface area (Å²) in [4.78, 5) is 18.1. The first-order valence-corrected chi connectivity index (χ1v) is 8.20. The lowest BCUT2D eigenvalue weighted by Gasteiger charge is -2.35. The number of hydrogen-bond acceptors (Lipinski definition) is 5. The third-order valence-electron chi connectivity index (χ3n) is 4.68. The largest absolute Gasteiger partial charge is 0.481 e. The molecule has 0 saturated carbocycles. The summed E-state index contributed by atoms with van der Waals surface area (Å²) in [5.41, 5.74) is 0. The van der Waals surface area contributed by atoms with Crippen LogP contribution >= 0.6 is 0 Å². The lowest BCUT2D eigenvalue weighted by atomic mass is 9.98. The number of aliphatic hydroxyl groups is 1. The minimum Gasteiger partial charge on any atom is -0.481 e. The van der Waals surface area contributed by atoms with Gasteiger partial charge in [0, 0.05) is 39.3 Å². The Bertz CT molecular complexity index is 319. The van der Waals surface area contributed by atoms with E-state index in [1.165, 1.54) is 0 Å². The molecule has 0 aromatic heterocycles. The maximum atomic E-state index is 11.0. The average molecular weight is 299 g/mol. The van der Waals surface area contributed by atoms with E-state index in [4.69, 9.17) is 10.2 Å². The van der Waals surface area contributed by atoms with Gasteiger partial charge in [-0.1, -0.05) is 0 Å². The number of piperazine rings is 1. The van der Waals surface area contributed by atoms with Crippen LogP contribution < -0.4 is 0 Å². The summed E-state index contributed by atoms with van der Waals surface area (Å²) >= 11 is 0. The predicted molar refractivity (Wildman–Crippen MR) is 81.4 cm³/mol. The molecule has 0 aliphatic carbocycles. The molecular formula is C15H29N3O3. The van der Waals surface area contributed by atoms with E-state index in [2.05, 4.69) is 14.7 Å². The molecule has 0 radical (unpaired) electrons. The molecule has 2 saturated heterocycles. The molecular weight excluding hydrogens is 270 g/mol. The van der Waals surface area contributed by atoms with Gasteiger partial charge < -0.3 is 20.0 Å². The Balaban J connectivity index is 1.58. The smallest absolute Gasteiger partial charge is 0.307 e. The standard InChI is InChI=1S/C15H29N3O3/c19-12-11-17-9-7-16(8-10-17)5-2-6-18-4-1-3-14(13-18)15(20)21/h14,19H,1-13H2,(H,20,21). The fraction of sp³-hybridized carbons (Fsp3) is 0.933. The van der Waals surface area contributed by atoms with E-state index in [9.17, 15) is 4.79 Å². The number of hydrogen-bond donors (Lipinski definition) is 2. The SMILES string of the molecule is O=C(O)C1CCCN(CCCN2CCN(CCO)CC2)C1. The van der Waals surface area contributed by atoms with Gasteiger partial charge in [0.25, 0.3) is 0 Å². The van der Waals surface area contributed by atoms with Crippen LogP contribution in [0.15, 0.2) is 0 Å². The molecule has 0 amide bonds. The van der Waals surface area contributed by atoms with Gasteiger partial charge in [0.15, 0.2) is 0 Å². The second kappa shape index (κ2) is 8.68. The first-order valence-electron chi connectivity index (χ1n) is 8.20. The van der Waals surface area contributed by atoms with E-state index in [-0.39, 0.29) is 12.5 Å². The topological polar surface area (TPSA) is 67.2 Å². The normalized spacial score (nSPS) is 26.0. The van der Waals surface area contributed by atoms with Crippen LogP contribution in [0, 0.1) is 5.92 Å². The van der Waals surface area contributed by atoms with E-state index < -0.39 is 5.97 Å². The molecule has 2 aliphatic heterocycles. The monoisotopic (exact) mass is 299 g/mol. The Morgan fingerprint density at radius 2 is 1.57 bits per heavy atom. The van der Waals surface area contributed by atoms with Crippen molar-refractivity contribution in [2.75, 3.05) is 65.5 Å². The molecule has 2 N–H and O–H groups in total. The van der Waals surface area contributed by atoms with Crippen LogP contribution in [-0.4, -0.2) is 96.4 Å². The molecule has 2 aliphatic rings. The highest BCUT2D eigenvalue weighted by Crippen LogP contribution is 2.16. The average Bonchev–Trinajstić information content (AvgIpc) is 2.50. The van der Waals surface area contributed by atoms with E-state index >= 15 is 0 Å². The highest BCUT2D eigenvalue weighted by Gasteiger charge is 2.25. The summed E-state index contributed by atoms with van der Waals surface area (Å²) in [6.07, 6.45) is 2.96. The first-order chi connectivity index (χ1) is 10.2. The van der Waals surface area contributed by atoms with Crippen molar-refractivity contribution >= 4 is 5.97 Å². The number of likely N-dealkylation sites (tertiary alicyclic amines) is 1. The first kappa shape index (κ1) is 16.7. The summed E-state index contributed by atoms with van der Waals surface area (Å²) in [6.45, 7) is 9.18. The molecule has 21 heavy (non-hydrogen) atoms. The van der Waals surface area contributed by atoms with Gasteiger partial charge in [-0.2, -0.15) is 0 Å². The summed E-state index contributed by atoms with van der Waals surface area (Å²) < 4.78 is 0. The Labute approximate surface area is 127 Å². The zero-order valence-electron chi connectivity index (χ0n) is 12.9. The highest BCUT2D eigenvalue weighted by molar-refractivity contribution is 5.70. The van der Waals surface area contributed by atoms with Crippen molar-refractivity contribution < 1.29 is 15.0 Å². The van der Waals surface area contributed by atoms with Gasteiger partial charge in [-0.05, 0) is 38.9 Å². The molecule has 1 atom stereocenters. The van der Waals surface area contributed by atoms with Crippen molar-refractivity contribution in [2.24, 2.45) is 5.92 Å². The fourth-order valence-corrected chi connectivity index (χ4v) is 3.36. The third kappa shape index (κ3) is 5.54. The molecule has 0 spiro atoms. The summed E-state index contributed by atoms with van der Waals surface area (Å²) in [6, 6.07) is 0. The number of piperidine rings is 1. The van der Waals surface area contributed by atoms with Crippen LogP contribution in [0.5, 0.6) is 0 Å². The maximum absolute atomic E-state index is 11.0. The number of carboxylic acid groups (broad SMARTS) is 1. The number of aliphatic hydroxyl groups excluding tert-OH is 1. The number of rotatable bonds is 7. The highest BCUT2D eigenvalue weighted by atomic mass is 16.4.